The van der Waals surface area contributed by atoms with E-state index in [-0.39, 0.29) is 41.9 Å². The van der Waals surface area contributed by atoms with Crippen LogP contribution in [0.25, 0.3) is 0 Å². The Morgan fingerprint density at radius 1 is 1.19 bits per heavy atom. The summed E-state index contributed by atoms with van der Waals surface area (Å²) >= 11 is 0. The number of hydrogen-bond donors (Lipinski definition) is 3. The second-order valence-electron chi connectivity index (χ2n) is 10.3. The first-order chi connectivity index (χ1) is 14.5. The molecular formula is C25H39NO5. The summed E-state index contributed by atoms with van der Waals surface area (Å²) in [5.74, 6) is -0.559. The van der Waals surface area contributed by atoms with Gasteiger partial charge in [0.05, 0.1) is 12.2 Å². The molecule has 8 atom stereocenters. The Labute approximate surface area is 186 Å². The molecule has 174 valence electrons. The highest BCUT2D eigenvalue weighted by Gasteiger charge is 2.65. The highest BCUT2D eigenvalue weighted by atomic mass is 16.5. The zero-order valence-corrected chi connectivity index (χ0v) is 19.7. The van der Waals surface area contributed by atoms with Crippen molar-refractivity contribution in [2.75, 3.05) is 7.11 Å². The van der Waals surface area contributed by atoms with Crippen molar-refractivity contribution in [3.05, 3.63) is 23.3 Å². The lowest BCUT2D eigenvalue weighted by Crippen LogP contribution is -2.54. The van der Waals surface area contributed by atoms with Gasteiger partial charge in [-0.05, 0) is 44.9 Å². The van der Waals surface area contributed by atoms with E-state index in [1.807, 2.05) is 13.0 Å². The van der Waals surface area contributed by atoms with Crippen LogP contribution in [0.2, 0.25) is 0 Å². The van der Waals surface area contributed by atoms with E-state index in [9.17, 15) is 19.8 Å². The van der Waals surface area contributed by atoms with Gasteiger partial charge in [-0.1, -0.05) is 44.1 Å². The van der Waals surface area contributed by atoms with Crippen LogP contribution in [0, 0.1) is 29.1 Å². The summed E-state index contributed by atoms with van der Waals surface area (Å²) in [6.07, 6.45) is 2.84. The number of aliphatic hydroxyl groups excluding tert-OH is 2. The summed E-state index contributed by atoms with van der Waals surface area (Å²) < 4.78 is 5.37. The first-order valence-corrected chi connectivity index (χ1v) is 11.6. The number of rotatable bonds is 3. The zero-order chi connectivity index (χ0) is 23.1. The van der Waals surface area contributed by atoms with Gasteiger partial charge in [0.1, 0.15) is 11.5 Å². The molecule has 0 saturated carbocycles. The number of amides is 1. The molecular weight excluding hydrogens is 394 g/mol. The lowest BCUT2D eigenvalue weighted by Gasteiger charge is -2.45. The predicted molar refractivity (Wildman–Crippen MR) is 119 cm³/mol. The fraction of sp³-hybridized carbons (Fsp3) is 0.760. The first kappa shape index (κ1) is 24.1. The van der Waals surface area contributed by atoms with Crippen LogP contribution < -0.4 is 5.32 Å². The minimum atomic E-state index is -1.24. The van der Waals surface area contributed by atoms with Gasteiger partial charge in [-0.2, -0.15) is 0 Å². The van der Waals surface area contributed by atoms with Crippen molar-refractivity contribution in [3.63, 3.8) is 0 Å². The highest BCUT2D eigenvalue weighted by molar-refractivity contribution is 6.09. The van der Waals surface area contributed by atoms with Crippen LogP contribution in [0.1, 0.15) is 60.3 Å². The number of nitrogens with one attached hydrogen (secondary N) is 1. The van der Waals surface area contributed by atoms with Crippen molar-refractivity contribution in [2.24, 2.45) is 29.1 Å². The molecule has 1 aliphatic heterocycles. The summed E-state index contributed by atoms with van der Waals surface area (Å²) in [7, 11) is 1.43. The third kappa shape index (κ3) is 4.14. The molecule has 3 N–H and O–H groups in total. The SMILES string of the molecule is COC1C(O)CCC(C)=C[C@H]2C=C(C)[C@@H](C)[C@H]3[C@H](CC(C)C)NC(=O)[C@@]23C(=O)CC1O. The topological polar surface area (TPSA) is 95.9 Å². The second-order valence-corrected chi connectivity index (χ2v) is 10.3. The number of allylic oxidation sites excluding steroid dienone is 4. The fourth-order valence-corrected chi connectivity index (χ4v) is 6.18. The molecule has 31 heavy (non-hydrogen) atoms. The zero-order valence-electron chi connectivity index (χ0n) is 19.7. The molecule has 1 spiro atoms. The van der Waals surface area contributed by atoms with Crippen LogP contribution >= 0.6 is 0 Å². The molecule has 3 aliphatic rings. The van der Waals surface area contributed by atoms with Gasteiger partial charge in [0.15, 0.2) is 5.78 Å². The number of ketones is 1. The summed E-state index contributed by atoms with van der Waals surface area (Å²) in [4.78, 5) is 27.6. The van der Waals surface area contributed by atoms with Gasteiger partial charge in [0, 0.05) is 31.4 Å². The van der Waals surface area contributed by atoms with Gasteiger partial charge >= 0.3 is 0 Å². The molecule has 2 aliphatic carbocycles. The standard InChI is InChI=1S/C25H39NO5/c1-13(2)9-18-22-16(5)15(4)11-17-10-14(3)7-8-19(27)23(31-6)20(28)12-21(29)25(17,22)24(30)26-18/h10-11,13,16-20,22-23,27-28H,7-9,12H2,1-6H3,(H,26,30)/t16-,17+,18+,19?,20?,22+,23?,25-/m1/s1. The van der Waals surface area contributed by atoms with Crippen molar-refractivity contribution < 1.29 is 24.5 Å². The van der Waals surface area contributed by atoms with Gasteiger partial charge in [-0.25, -0.2) is 0 Å². The van der Waals surface area contributed by atoms with E-state index in [1.165, 1.54) is 12.7 Å². The molecule has 3 rings (SSSR count). The fourth-order valence-electron chi connectivity index (χ4n) is 6.18. The van der Waals surface area contributed by atoms with Gasteiger partial charge < -0.3 is 20.3 Å². The van der Waals surface area contributed by atoms with Gasteiger partial charge in [0.25, 0.3) is 0 Å². The largest absolute Gasteiger partial charge is 0.390 e. The van der Waals surface area contributed by atoms with Gasteiger partial charge in [-0.3, -0.25) is 9.59 Å². The molecule has 1 fully saturated rings. The van der Waals surface area contributed by atoms with E-state index in [0.29, 0.717) is 18.8 Å². The smallest absolute Gasteiger partial charge is 0.235 e. The van der Waals surface area contributed by atoms with E-state index < -0.39 is 23.7 Å². The van der Waals surface area contributed by atoms with E-state index >= 15 is 0 Å². The van der Waals surface area contributed by atoms with Gasteiger partial charge in [-0.15, -0.1) is 0 Å². The monoisotopic (exact) mass is 433 g/mol. The Morgan fingerprint density at radius 3 is 2.48 bits per heavy atom. The van der Waals surface area contributed by atoms with E-state index in [0.717, 1.165) is 12.0 Å². The number of methoxy groups -OCH3 is 1. The molecule has 0 aromatic carbocycles. The maximum Gasteiger partial charge on any atom is 0.235 e. The lowest BCUT2D eigenvalue weighted by molar-refractivity contribution is -0.149. The summed E-state index contributed by atoms with van der Waals surface area (Å²) in [6.45, 7) is 10.4. The molecule has 0 radical (unpaired) electrons. The minimum absolute atomic E-state index is 0.0719. The van der Waals surface area contributed by atoms with Crippen molar-refractivity contribution in [3.8, 4) is 0 Å². The average Bonchev–Trinajstić information content (AvgIpc) is 2.96. The minimum Gasteiger partial charge on any atom is -0.390 e. The Hall–Kier alpha value is -1.50. The van der Waals surface area contributed by atoms with Crippen LogP contribution in [0.5, 0.6) is 0 Å². The maximum absolute atomic E-state index is 13.9. The van der Waals surface area contributed by atoms with E-state index in [2.05, 4.69) is 39.1 Å². The third-order valence-corrected chi connectivity index (χ3v) is 7.79. The van der Waals surface area contributed by atoms with E-state index in [1.54, 1.807) is 0 Å². The second kappa shape index (κ2) is 9.16. The van der Waals surface area contributed by atoms with Crippen LogP contribution in [-0.2, 0) is 14.3 Å². The Kier molecular flexibility index (Phi) is 7.14. The van der Waals surface area contributed by atoms with Crippen LogP contribution in [0.3, 0.4) is 0 Å². The molecule has 3 unspecified atom stereocenters. The Morgan fingerprint density at radius 2 is 1.87 bits per heavy atom. The highest BCUT2D eigenvalue weighted by Crippen LogP contribution is 2.55. The maximum atomic E-state index is 13.9. The average molecular weight is 434 g/mol. The number of ether oxygens (including phenoxy) is 1. The number of aliphatic hydroxyl groups is 2. The Balaban J connectivity index is 2.17. The van der Waals surface area contributed by atoms with Gasteiger partial charge in [0.2, 0.25) is 5.91 Å². The van der Waals surface area contributed by atoms with Crippen LogP contribution in [0.15, 0.2) is 23.3 Å². The van der Waals surface area contributed by atoms with Crippen molar-refractivity contribution >= 4 is 11.7 Å². The van der Waals surface area contributed by atoms with Crippen LogP contribution in [-0.4, -0.2) is 53.4 Å². The quantitative estimate of drug-likeness (QED) is 0.470. The lowest BCUT2D eigenvalue weighted by atomic mass is 9.54. The number of carbonyl (C=O) groups excluding carboxylic acids is 2. The Bertz CT molecular complexity index is 772. The van der Waals surface area contributed by atoms with Crippen molar-refractivity contribution in [1.82, 2.24) is 5.32 Å². The predicted octanol–water partition coefficient (Wildman–Crippen LogP) is 2.78. The molecule has 0 aromatic heterocycles. The van der Waals surface area contributed by atoms with Crippen molar-refractivity contribution in [2.45, 2.75) is 84.7 Å². The molecule has 6 heteroatoms. The summed E-state index contributed by atoms with van der Waals surface area (Å²) in [6, 6.07) is -0.0858. The van der Waals surface area contributed by atoms with Crippen LogP contribution in [0.4, 0.5) is 0 Å². The van der Waals surface area contributed by atoms with Crippen molar-refractivity contribution in [1.29, 1.82) is 0 Å². The summed E-state index contributed by atoms with van der Waals surface area (Å²) in [5.41, 5.74) is 0.979. The third-order valence-electron chi connectivity index (χ3n) is 7.79. The molecule has 0 aromatic rings. The normalized spacial score (nSPS) is 41.6. The first-order valence-electron chi connectivity index (χ1n) is 11.6. The molecule has 1 amide bonds. The summed E-state index contributed by atoms with van der Waals surface area (Å²) in [5, 5.41) is 24.6. The number of hydrogen-bond acceptors (Lipinski definition) is 5. The molecule has 6 nitrogen and oxygen atoms in total. The molecule has 1 saturated heterocycles. The number of Topliss-reactive ketones (excluding diaryl/α,β-unsaturated/α-hetero) is 1. The molecule has 0 bridgehead atoms. The van der Waals surface area contributed by atoms with E-state index in [4.69, 9.17) is 4.74 Å². The molecule has 1 heterocycles. The number of carbonyl (C=O) groups is 2.